The summed E-state index contributed by atoms with van der Waals surface area (Å²) in [5.41, 5.74) is 10.7. The SMILES string of the molecule is Cn1cc(-n2c(-c3cn(CC4(N)CCCC4)c4ccccc34)c(C#N)[nH]c2=O)c2ccccc21. The molecule has 6 rings (SSSR count). The van der Waals surface area contributed by atoms with Crippen LogP contribution in [0.15, 0.2) is 65.7 Å². The molecule has 3 N–H and O–H groups in total. The van der Waals surface area contributed by atoms with Gasteiger partial charge in [0.1, 0.15) is 11.8 Å². The van der Waals surface area contributed by atoms with Crippen LogP contribution in [0, 0.1) is 11.3 Å². The number of rotatable bonds is 4. The van der Waals surface area contributed by atoms with E-state index in [2.05, 4.69) is 27.9 Å². The number of hydrogen-bond acceptors (Lipinski definition) is 3. The fraction of sp³-hybridized carbons (Fsp3) is 0.259. The number of nitrogens with one attached hydrogen (secondary N) is 1. The van der Waals surface area contributed by atoms with Crippen molar-refractivity contribution in [1.82, 2.24) is 18.7 Å². The van der Waals surface area contributed by atoms with Crippen LogP contribution in [0.25, 0.3) is 38.8 Å². The highest BCUT2D eigenvalue weighted by Crippen LogP contribution is 2.37. The van der Waals surface area contributed by atoms with Gasteiger partial charge in [-0.2, -0.15) is 5.26 Å². The van der Waals surface area contributed by atoms with E-state index < -0.39 is 0 Å². The molecule has 3 aromatic heterocycles. The van der Waals surface area contributed by atoms with Crippen molar-refractivity contribution in [3.8, 4) is 23.0 Å². The van der Waals surface area contributed by atoms with Crippen molar-refractivity contribution in [1.29, 1.82) is 5.26 Å². The van der Waals surface area contributed by atoms with Crippen LogP contribution in [0.4, 0.5) is 0 Å². The van der Waals surface area contributed by atoms with Crippen molar-refractivity contribution >= 4 is 21.8 Å². The molecule has 1 aliphatic carbocycles. The standard InChI is InChI=1S/C27H26N6O/c1-31-16-24(19-9-3-4-10-22(19)31)33-25(21(14-28)30-26(33)34)20-15-32(17-27(29)12-6-7-13-27)23-11-5-2-8-18(20)23/h2-5,8-11,15-16H,6-7,12-13,17,29H2,1H3,(H,30,34). The number of aromatic amines is 1. The molecule has 1 aliphatic rings. The fourth-order valence-electron chi connectivity index (χ4n) is 5.64. The molecule has 1 saturated carbocycles. The number of nitrogens with zero attached hydrogens (tertiary/aromatic N) is 4. The van der Waals surface area contributed by atoms with Crippen LogP contribution in [-0.4, -0.2) is 24.2 Å². The van der Waals surface area contributed by atoms with Gasteiger partial charge in [0.2, 0.25) is 0 Å². The summed E-state index contributed by atoms with van der Waals surface area (Å²) < 4.78 is 5.84. The summed E-state index contributed by atoms with van der Waals surface area (Å²) in [5, 5.41) is 11.9. The summed E-state index contributed by atoms with van der Waals surface area (Å²) in [7, 11) is 1.96. The molecular weight excluding hydrogens is 424 g/mol. The van der Waals surface area contributed by atoms with Crippen molar-refractivity contribution < 1.29 is 0 Å². The number of nitriles is 1. The monoisotopic (exact) mass is 450 g/mol. The van der Waals surface area contributed by atoms with E-state index in [1.54, 1.807) is 4.57 Å². The Hall–Kier alpha value is -4.02. The molecular formula is C27H26N6O. The first-order valence-corrected chi connectivity index (χ1v) is 11.7. The van der Waals surface area contributed by atoms with Crippen molar-refractivity contribution in [3.63, 3.8) is 0 Å². The number of H-pyrrole nitrogens is 1. The molecule has 0 bridgehead atoms. The van der Waals surface area contributed by atoms with Gasteiger partial charge in [-0.3, -0.25) is 9.55 Å². The molecule has 3 heterocycles. The maximum Gasteiger partial charge on any atom is 0.331 e. The van der Waals surface area contributed by atoms with Gasteiger partial charge < -0.3 is 14.9 Å². The number of aromatic nitrogens is 4. The first kappa shape index (κ1) is 20.6. The molecule has 0 spiro atoms. The summed E-state index contributed by atoms with van der Waals surface area (Å²) in [6, 6.07) is 18.3. The number of aryl methyl sites for hydroxylation is 1. The molecule has 0 amide bonds. The lowest BCUT2D eigenvalue weighted by atomic mass is 9.99. The van der Waals surface area contributed by atoms with E-state index in [0.717, 1.165) is 58.7 Å². The van der Waals surface area contributed by atoms with Crippen LogP contribution >= 0.6 is 0 Å². The summed E-state index contributed by atoms with van der Waals surface area (Å²) in [4.78, 5) is 16.0. The minimum absolute atomic E-state index is 0.232. The van der Waals surface area contributed by atoms with Gasteiger partial charge in [-0.25, -0.2) is 4.79 Å². The van der Waals surface area contributed by atoms with Crippen LogP contribution in [0.2, 0.25) is 0 Å². The van der Waals surface area contributed by atoms with Gasteiger partial charge >= 0.3 is 5.69 Å². The molecule has 0 saturated heterocycles. The average Bonchev–Trinajstić information content (AvgIpc) is 3.59. The molecule has 170 valence electrons. The van der Waals surface area contributed by atoms with Crippen LogP contribution < -0.4 is 11.4 Å². The Kier molecular flexibility index (Phi) is 4.54. The van der Waals surface area contributed by atoms with E-state index in [-0.39, 0.29) is 16.9 Å². The summed E-state index contributed by atoms with van der Waals surface area (Å²) >= 11 is 0. The van der Waals surface area contributed by atoms with E-state index in [1.165, 1.54) is 0 Å². The van der Waals surface area contributed by atoms with Crippen molar-refractivity contribution in [3.05, 3.63) is 77.1 Å². The summed E-state index contributed by atoms with van der Waals surface area (Å²) in [6.07, 6.45) is 8.31. The zero-order chi connectivity index (χ0) is 23.4. The number of para-hydroxylation sites is 2. The molecule has 5 aromatic rings. The lowest BCUT2D eigenvalue weighted by Gasteiger charge is -2.24. The first-order chi connectivity index (χ1) is 16.5. The van der Waals surface area contributed by atoms with Crippen LogP contribution in [0.5, 0.6) is 0 Å². The molecule has 0 atom stereocenters. The number of nitrogens with two attached hydrogens (primary N) is 1. The van der Waals surface area contributed by atoms with Gasteiger partial charge in [0.15, 0.2) is 0 Å². The Morgan fingerprint density at radius 2 is 1.71 bits per heavy atom. The third-order valence-corrected chi connectivity index (χ3v) is 7.25. The molecule has 0 unspecified atom stereocenters. The minimum atomic E-state index is -0.328. The van der Waals surface area contributed by atoms with Crippen LogP contribution in [-0.2, 0) is 13.6 Å². The van der Waals surface area contributed by atoms with Gasteiger partial charge in [0.05, 0.1) is 11.4 Å². The Balaban J connectivity index is 1.63. The number of imidazole rings is 1. The zero-order valence-electron chi connectivity index (χ0n) is 19.1. The second-order valence-electron chi connectivity index (χ2n) is 9.50. The topological polar surface area (TPSA) is 97.5 Å². The normalized spacial score (nSPS) is 15.3. The van der Waals surface area contributed by atoms with E-state index in [9.17, 15) is 10.1 Å². The minimum Gasteiger partial charge on any atom is -0.348 e. The highest BCUT2D eigenvalue weighted by Gasteiger charge is 2.31. The molecule has 1 fully saturated rings. The third kappa shape index (κ3) is 3.03. The highest BCUT2D eigenvalue weighted by atomic mass is 16.1. The molecule has 2 aromatic carbocycles. The molecule has 0 radical (unpaired) electrons. The second-order valence-corrected chi connectivity index (χ2v) is 9.50. The average molecular weight is 451 g/mol. The predicted octanol–water partition coefficient (Wildman–Crippen LogP) is 4.42. The van der Waals surface area contributed by atoms with E-state index in [1.807, 2.05) is 60.3 Å². The molecule has 34 heavy (non-hydrogen) atoms. The molecule has 7 heteroatoms. The smallest absolute Gasteiger partial charge is 0.331 e. The first-order valence-electron chi connectivity index (χ1n) is 11.7. The highest BCUT2D eigenvalue weighted by molar-refractivity contribution is 5.98. The Morgan fingerprint density at radius 3 is 2.44 bits per heavy atom. The zero-order valence-corrected chi connectivity index (χ0v) is 19.1. The lowest BCUT2D eigenvalue weighted by molar-refractivity contribution is 0.378. The van der Waals surface area contributed by atoms with Gasteiger partial charge in [0, 0.05) is 58.9 Å². The lowest BCUT2D eigenvalue weighted by Crippen LogP contribution is -2.40. The van der Waals surface area contributed by atoms with E-state index >= 15 is 0 Å². The van der Waals surface area contributed by atoms with E-state index in [0.29, 0.717) is 12.2 Å². The molecule has 7 nitrogen and oxygen atoms in total. The second kappa shape index (κ2) is 7.51. The maximum absolute atomic E-state index is 13.2. The Labute approximate surface area is 196 Å². The largest absolute Gasteiger partial charge is 0.348 e. The van der Waals surface area contributed by atoms with Crippen molar-refractivity contribution in [2.75, 3.05) is 0 Å². The molecule has 0 aliphatic heterocycles. The Bertz CT molecular complexity index is 1650. The fourth-order valence-corrected chi connectivity index (χ4v) is 5.64. The van der Waals surface area contributed by atoms with Gasteiger partial charge in [0.25, 0.3) is 0 Å². The number of hydrogen-bond donors (Lipinski definition) is 2. The Morgan fingerprint density at radius 1 is 1.03 bits per heavy atom. The summed E-state index contributed by atoms with van der Waals surface area (Å²) in [5.74, 6) is 0. The van der Waals surface area contributed by atoms with Crippen LogP contribution in [0.3, 0.4) is 0 Å². The van der Waals surface area contributed by atoms with Crippen molar-refractivity contribution in [2.24, 2.45) is 12.8 Å². The van der Waals surface area contributed by atoms with E-state index in [4.69, 9.17) is 5.73 Å². The van der Waals surface area contributed by atoms with Crippen molar-refractivity contribution in [2.45, 2.75) is 37.8 Å². The maximum atomic E-state index is 13.2. The number of benzene rings is 2. The summed E-state index contributed by atoms with van der Waals surface area (Å²) in [6.45, 7) is 0.707. The predicted molar refractivity (Wildman–Crippen MR) is 134 cm³/mol. The van der Waals surface area contributed by atoms with Gasteiger partial charge in [-0.05, 0) is 25.0 Å². The van der Waals surface area contributed by atoms with Gasteiger partial charge in [-0.1, -0.05) is 49.2 Å². The van der Waals surface area contributed by atoms with Crippen LogP contribution in [0.1, 0.15) is 31.4 Å². The van der Waals surface area contributed by atoms with Gasteiger partial charge in [-0.15, -0.1) is 0 Å². The third-order valence-electron chi connectivity index (χ3n) is 7.25. The number of fused-ring (bicyclic) bond motifs is 2. The quantitative estimate of drug-likeness (QED) is 0.424.